The van der Waals surface area contributed by atoms with Crippen LogP contribution in [0.2, 0.25) is 5.02 Å². The molecular formula is C20H18ClSi. The fourth-order valence-corrected chi connectivity index (χ4v) is 5.54. The van der Waals surface area contributed by atoms with E-state index in [0.29, 0.717) is 0 Å². The predicted octanol–water partition coefficient (Wildman–Crippen LogP) is 3.47. The third-order valence-corrected chi connectivity index (χ3v) is 7.11. The first kappa shape index (κ1) is 15.1. The maximum absolute atomic E-state index is 6.51. The zero-order valence-electron chi connectivity index (χ0n) is 12.8. The van der Waals surface area contributed by atoms with E-state index in [4.69, 9.17) is 11.6 Å². The third-order valence-electron chi connectivity index (χ3n) is 3.82. The van der Waals surface area contributed by atoms with Crippen LogP contribution in [0.3, 0.4) is 0 Å². The summed E-state index contributed by atoms with van der Waals surface area (Å²) in [6.07, 6.45) is 0. The molecule has 0 bridgehead atoms. The van der Waals surface area contributed by atoms with E-state index in [2.05, 4.69) is 74.5 Å². The summed E-state index contributed by atoms with van der Waals surface area (Å²) in [4.78, 5) is 0. The Morgan fingerprint density at radius 2 is 1.09 bits per heavy atom. The van der Waals surface area contributed by atoms with Gasteiger partial charge in [0.2, 0.25) is 0 Å². The Kier molecular flexibility index (Phi) is 4.46. The minimum Gasteiger partial charge on any atom is -0.0845 e. The van der Waals surface area contributed by atoms with E-state index in [1.807, 2.05) is 12.1 Å². The van der Waals surface area contributed by atoms with Crippen molar-refractivity contribution < 1.29 is 0 Å². The van der Waals surface area contributed by atoms with Crippen LogP contribution in [-0.2, 0) is 0 Å². The van der Waals surface area contributed by atoms with Crippen LogP contribution in [0.1, 0.15) is 11.1 Å². The molecule has 0 nitrogen and oxygen atoms in total. The maximum Gasteiger partial charge on any atom is 0.156 e. The van der Waals surface area contributed by atoms with Crippen molar-refractivity contribution in [1.29, 1.82) is 0 Å². The predicted molar refractivity (Wildman–Crippen MR) is 98.5 cm³/mol. The fraction of sp³-hybridized carbons (Fsp3) is 0.100. The van der Waals surface area contributed by atoms with Gasteiger partial charge in [0.15, 0.2) is 8.80 Å². The molecule has 0 saturated carbocycles. The van der Waals surface area contributed by atoms with Crippen LogP contribution in [0.25, 0.3) is 0 Å². The minimum absolute atomic E-state index is 0.859. The lowest BCUT2D eigenvalue weighted by molar-refractivity contribution is 1.48. The van der Waals surface area contributed by atoms with Gasteiger partial charge in [-0.25, -0.2) is 0 Å². The lowest BCUT2D eigenvalue weighted by Crippen LogP contribution is -2.52. The Morgan fingerprint density at radius 1 is 0.636 bits per heavy atom. The highest BCUT2D eigenvalue weighted by molar-refractivity contribution is 6.96. The van der Waals surface area contributed by atoms with Crippen LogP contribution in [0, 0.1) is 13.8 Å². The van der Waals surface area contributed by atoms with E-state index >= 15 is 0 Å². The molecule has 0 aliphatic carbocycles. The Morgan fingerprint density at radius 3 is 1.55 bits per heavy atom. The average molecular weight is 322 g/mol. The van der Waals surface area contributed by atoms with Crippen LogP contribution < -0.4 is 15.6 Å². The number of benzene rings is 3. The Balaban J connectivity index is 2.16. The first-order valence-electron chi connectivity index (χ1n) is 7.41. The van der Waals surface area contributed by atoms with Crippen molar-refractivity contribution in [2.75, 3.05) is 0 Å². The third kappa shape index (κ3) is 3.16. The zero-order valence-corrected chi connectivity index (χ0v) is 14.6. The molecule has 0 spiro atoms. The number of halogens is 1. The normalized spacial score (nSPS) is 10.9. The first-order chi connectivity index (χ1) is 10.6. The van der Waals surface area contributed by atoms with Crippen molar-refractivity contribution in [3.05, 3.63) is 88.9 Å². The number of aryl methyl sites for hydroxylation is 2. The molecule has 0 atom stereocenters. The van der Waals surface area contributed by atoms with E-state index in [9.17, 15) is 0 Å². The molecule has 3 rings (SSSR count). The lowest BCUT2D eigenvalue weighted by atomic mass is 10.2. The standard InChI is InChI=1S/C20H18ClSi/c1-15-7-11-17(12-8-15)22(18-13-9-16(2)10-14-18)20-6-4-3-5-19(20)21/h3-14H,1-2H3. The number of hydrogen-bond acceptors (Lipinski definition) is 0. The number of rotatable bonds is 3. The largest absolute Gasteiger partial charge is 0.156 e. The topological polar surface area (TPSA) is 0 Å². The molecule has 0 fully saturated rings. The molecule has 1 radical (unpaired) electrons. The van der Waals surface area contributed by atoms with E-state index in [1.54, 1.807) is 0 Å². The van der Waals surface area contributed by atoms with Gasteiger partial charge < -0.3 is 0 Å². The van der Waals surface area contributed by atoms with Gasteiger partial charge in [0.25, 0.3) is 0 Å². The highest BCUT2D eigenvalue weighted by atomic mass is 35.5. The van der Waals surface area contributed by atoms with E-state index in [1.165, 1.54) is 26.7 Å². The van der Waals surface area contributed by atoms with Gasteiger partial charge in [0.05, 0.1) is 0 Å². The van der Waals surface area contributed by atoms with E-state index < -0.39 is 8.80 Å². The molecule has 0 aromatic heterocycles. The summed E-state index contributed by atoms with van der Waals surface area (Å²) in [6.45, 7) is 4.25. The molecule has 0 aliphatic rings. The highest BCUT2D eigenvalue weighted by Gasteiger charge is 2.21. The quantitative estimate of drug-likeness (QED) is 0.512. The summed E-state index contributed by atoms with van der Waals surface area (Å²) in [5, 5.41) is 4.85. The molecular weight excluding hydrogens is 304 g/mol. The Bertz CT molecular complexity index is 715. The Labute approximate surface area is 139 Å². The molecule has 0 heterocycles. The summed E-state index contributed by atoms with van der Waals surface area (Å²) in [5.41, 5.74) is 2.57. The average Bonchev–Trinajstić information content (AvgIpc) is 2.53. The fourth-order valence-electron chi connectivity index (χ4n) is 2.58. The van der Waals surface area contributed by atoms with Gasteiger partial charge in [0.1, 0.15) is 0 Å². The molecule has 2 heteroatoms. The lowest BCUT2D eigenvalue weighted by Gasteiger charge is -2.18. The summed E-state index contributed by atoms with van der Waals surface area (Å²) in [6, 6.07) is 25.9. The molecule has 0 saturated heterocycles. The van der Waals surface area contributed by atoms with Gasteiger partial charge in [0, 0.05) is 5.02 Å². The maximum atomic E-state index is 6.51. The van der Waals surface area contributed by atoms with Crippen molar-refractivity contribution in [2.45, 2.75) is 13.8 Å². The van der Waals surface area contributed by atoms with Crippen molar-refractivity contribution in [3.63, 3.8) is 0 Å². The van der Waals surface area contributed by atoms with Gasteiger partial charge >= 0.3 is 0 Å². The van der Waals surface area contributed by atoms with Crippen molar-refractivity contribution in [3.8, 4) is 0 Å². The van der Waals surface area contributed by atoms with Gasteiger partial charge in [-0.05, 0) is 25.1 Å². The van der Waals surface area contributed by atoms with Gasteiger partial charge in [-0.2, -0.15) is 0 Å². The molecule has 22 heavy (non-hydrogen) atoms. The molecule has 3 aromatic rings. The minimum atomic E-state index is -1.07. The van der Waals surface area contributed by atoms with Crippen LogP contribution >= 0.6 is 11.6 Å². The zero-order chi connectivity index (χ0) is 15.5. The van der Waals surface area contributed by atoms with Gasteiger partial charge in [-0.1, -0.05) is 99.8 Å². The summed E-state index contributed by atoms with van der Waals surface area (Å²) < 4.78 is 0. The van der Waals surface area contributed by atoms with E-state index in [-0.39, 0.29) is 0 Å². The van der Waals surface area contributed by atoms with Gasteiger partial charge in [-0.15, -0.1) is 0 Å². The van der Waals surface area contributed by atoms with Crippen molar-refractivity contribution in [1.82, 2.24) is 0 Å². The molecule has 3 aromatic carbocycles. The van der Waals surface area contributed by atoms with Crippen molar-refractivity contribution >= 4 is 36.0 Å². The SMILES string of the molecule is Cc1ccc([Si](c2ccc(C)cc2)c2ccccc2Cl)cc1. The first-order valence-corrected chi connectivity index (χ1v) is 9.29. The second-order valence-corrected chi connectivity index (χ2v) is 8.44. The second kappa shape index (κ2) is 6.51. The van der Waals surface area contributed by atoms with Crippen LogP contribution in [0.4, 0.5) is 0 Å². The summed E-state index contributed by atoms with van der Waals surface area (Å²) in [7, 11) is -1.07. The second-order valence-electron chi connectivity index (χ2n) is 5.59. The van der Waals surface area contributed by atoms with Crippen LogP contribution in [0.5, 0.6) is 0 Å². The Hall–Kier alpha value is -1.83. The van der Waals surface area contributed by atoms with Crippen LogP contribution in [0.15, 0.2) is 72.8 Å². The number of hydrogen-bond donors (Lipinski definition) is 0. The molecule has 0 unspecified atom stereocenters. The smallest absolute Gasteiger partial charge is 0.0845 e. The highest BCUT2D eigenvalue weighted by Crippen LogP contribution is 2.07. The van der Waals surface area contributed by atoms with Gasteiger partial charge in [-0.3, -0.25) is 0 Å². The molecule has 109 valence electrons. The monoisotopic (exact) mass is 321 g/mol. The molecule has 0 aliphatic heterocycles. The molecule has 0 N–H and O–H groups in total. The van der Waals surface area contributed by atoms with Crippen molar-refractivity contribution in [2.24, 2.45) is 0 Å². The van der Waals surface area contributed by atoms with E-state index in [0.717, 1.165) is 5.02 Å². The summed E-state index contributed by atoms with van der Waals surface area (Å²) >= 11 is 6.51. The van der Waals surface area contributed by atoms with Crippen LogP contribution in [-0.4, -0.2) is 8.80 Å². The molecule has 0 amide bonds. The summed E-state index contributed by atoms with van der Waals surface area (Å²) in [5.74, 6) is 0.